The van der Waals surface area contributed by atoms with Gasteiger partial charge in [0.15, 0.2) is 26.7 Å². The molecule has 0 saturated carbocycles. The van der Waals surface area contributed by atoms with Gasteiger partial charge in [0, 0.05) is 27.8 Å². The van der Waals surface area contributed by atoms with Crippen LogP contribution in [0, 0.1) is 0 Å². The zero-order chi connectivity index (χ0) is 29.3. The first kappa shape index (κ1) is 32.1. The number of aromatic nitrogens is 2. The van der Waals surface area contributed by atoms with E-state index in [4.69, 9.17) is 10.6 Å². The van der Waals surface area contributed by atoms with Crippen molar-refractivity contribution in [3.63, 3.8) is 0 Å². The number of carboxylic acid groups (broad SMARTS) is 1. The van der Waals surface area contributed by atoms with Gasteiger partial charge in [0.1, 0.15) is 23.7 Å². The molecular weight excluding hydrogens is 636 g/mol. The molecule has 0 aliphatic carbocycles. The monoisotopic (exact) mass is 656 g/mol. The van der Waals surface area contributed by atoms with E-state index in [0.717, 1.165) is 16.2 Å². The number of hydrogen-bond donors (Lipinski definition) is 4. The van der Waals surface area contributed by atoms with Crippen LogP contribution in [0.4, 0.5) is 5.13 Å². The number of nitrogens with two attached hydrogens (primary N) is 1. The maximum Gasteiger partial charge on any atom is 1.00 e. The van der Waals surface area contributed by atoms with Crippen LogP contribution in [-0.2, 0) is 19.2 Å². The Morgan fingerprint density at radius 3 is 2.71 bits per heavy atom. The van der Waals surface area contributed by atoms with Crippen LogP contribution in [0.15, 0.2) is 49.7 Å². The largest absolute Gasteiger partial charge is 1.00 e. The van der Waals surface area contributed by atoms with Gasteiger partial charge in [-0.15, -0.1) is 34.4 Å². The number of benzene rings is 1. The number of anilines is 1. The number of phenolic OH excluding ortho intramolecular Hbond substituents is 2. The van der Waals surface area contributed by atoms with Crippen molar-refractivity contribution >= 4 is 74.8 Å². The maximum absolute atomic E-state index is 13.1. The fraction of sp³-hybridized carbons (Fsp3) is 0.250. The van der Waals surface area contributed by atoms with Crippen molar-refractivity contribution in [1.29, 1.82) is 0 Å². The number of carbonyl (C=O) groups excluding carboxylic acids is 3. The summed E-state index contributed by atoms with van der Waals surface area (Å²) in [5.41, 5.74) is 7.20. The summed E-state index contributed by atoms with van der Waals surface area (Å²) in [7, 11) is 0. The van der Waals surface area contributed by atoms with Crippen LogP contribution in [0.3, 0.4) is 0 Å². The number of carbonyl (C=O) groups is 3. The topological polar surface area (TPSA) is 203 Å². The number of phenols is 2. The van der Waals surface area contributed by atoms with Crippen LogP contribution in [-0.4, -0.2) is 78.1 Å². The van der Waals surface area contributed by atoms with Crippen LogP contribution in [0.2, 0.25) is 0 Å². The minimum Gasteiger partial charge on any atom is -0.543 e. The summed E-state index contributed by atoms with van der Waals surface area (Å²) in [6, 6.07) is 3.40. The summed E-state index contributed by atoms with van der Waals surface area (Å²) in [6.45, 7) is 1.90. The average Bonchev–Trinajstić information content (AvgIpc) is 3.60. The zero-order valence-corrected chi connectivity index (χ0v) is 27.4. The van der Waals surface area contributed by atoms with Crippen molar-refractivity contribution in [3.05, 3.63) is 45.9 Å². The molecule has 0 unspecified atom stereocenters. The molecule has 5 rings (SSSR count). The quantitative estimate of drug-likeness (QED) is 0.0477. The first-order chi connectivity index (χ1) is 19.7. The summed E-state index contributed by atoms with van der Waals surface area (Å²) in [5, 5.41) is 40.7. The molecule has 42 heavy (non-hydrogen) atoms. The maximum atomic E-state index is 13.1. The standard InChI is InChI=1S/C24H22N6O7S4.Na/c1-2-37-29-16(13-9-39-23(25)26-13)19(33)28-17-20(34)30-18(22(35)36)11(6-38-21(17)30)7-40-24-27-12(8-41-24)10-3-4-14(31)15(32)5-10;/h3-5,8-9,17,21,31-32H,2,6-7H2,1H3,(H2,25,26)(H,28,33)(H,35,36);/q;+1/p-1/b29-16+;/t17-,21-;/m1./s1. The van der Waals surface area contributed by atoms with Crippen molar-refractivity contribution in [3.8, 4) is 22.8 Å². The molecule has 5 N–H and O–H groups in total. The Hall–Kier alpha value is -2.80. The number of hydrogen-bond acceptors (Lipinski definition) is 15. The van der Waals surface area contributed by atoms with Gasteiger partial charge in [0.25, 0.3) is 11.8 Å². The van der Waals surface area contributed by atoms with Gasteiger partial charge < -0.3 is 36.0 Å². The molecule has 1 saturated heterocycles. The molecule has 2 aliphatic heterocycles. The van der Waals surface area contributed by atoms with Crippen LogP contribution >= 0.6 is 46.2 Å². The fourth-order valence-electron chi connectivity index (χ4n) is 4.01. The number of nitrogens with one attached hydrogen (secondary N) is 1. The molecule has 1 aromatic carbocycles. The van der Waals surface area contributed by atoms with E-state index in [1.54, 1.807) is 18.4 Å². The first-order valence-corrected chi connectivity index (χ1v) is 15.7. The Morgan fingerprint density at radius 1 is 1.26 bits per heavy atom. The molecule has 4 heterocycles. The van der Waals surface area contributed by atoms with Gasteiger partial charge in [-0.05, 0) is 30.7 Å². The molecule has 2 amide bonds. The molecule has 2 aliphatic rings. The SMILES string of the molecule is CCO/N=C(/C(=O)N[C@@H]1C(=O)N2C(C(=O)[O-])=C(CSc3nc(-c4ccc(O)c(O)c4)cs3)CS[C@H]12)c1csc(N)n1.[Na+]. The normalized spacial score (nSPS) is 18.2. The zero-order valence-electron chi connectivity index (χ0n) is 22.1. The number of thioether (sulfide) groups is 2. The smallest absolute Gasteiger partial charge is 0.543 e. The number of aromatic hydroxyl groups is 2. The third kappa shape index (κ3) is 6.56. The molecule has 2 atom stereocenters. The minimum atomic E-state index is -1.49. The summed E-state index contributed by atoms with van der Waals surface area (Å²) < 4.78 is 0.647. The number of fused-ring (bicyclic) bond motifs is 1. The number of thiazole rings is 2. The van der Waals surface area contributed by atoms with E-state index in [9.17, 15) is 29.7 Å². The summed E-state index contributed by atoms with van der Waals surface area (Å²) in [4.78, 5) is 52.9. The van der Waals surface area contributed by atoms with Crippen LogP contribution in [0.25, 0.3) is 11.3 Å². The van der Waals surface area contributed by atoms with Crippen LogP contribution in [0.1, 0.15) is 12.6 Å². The molecule has 0 bridgehead atoms. The number of nitrogen functional groups attached to an aromatic ring is 1. The Morgan fingerprint density at radius 2 is 2.05 bits per heavy atom. The number of amides is 2. The summed E-state index contributed by atoms with van der Waals surface area (Å²) in [5.74, 6) is -2.74. The second-order valence-corrected chi connectivity index (χ2v) is 12.6. The Bertz CT molecular complexity index is 1590. The average molecular weight is 657 g/mol. The van der Waals surface area contributed by atoms with E-state index < -0.39 is 29.2 Å². The molecule has 0 radical (unpaired) electrons. The number of aliphatic carboxylic acids is 1. The molecular formula is C24H21N6NaO7S4. The van der Waals surface area contributed by atoms with E-state index in [2.05, 4.69) is 20.4 Å². The molecule has 0 spiro atoms. The van der Waals surface area contributed by atoms with Gasteiger partial charge >= 0.3 is 29.6 Å². The third-order valence-electron chi connectivity index (χ3n) is 5.92. The molecule has 214 valence electrons. The van der Waals surface area contributed by atoms with E-state index >= 15 is 0 Å². The van der Waals surface area contributed by atoms with Gasteiger partial charge in [-0.2, -0.15) is 0 Å². The van der Waals surface area contributed by atoms with Gasteiger partial charge in [0.2, 0.25) is 0 Å². The molecule has 3 aromatic rings. The number of β-lactam (4-membered cyclic amide) rings is 1. The van der Waals surface area contributed by atoms with Crippen molar-refractivity contribution in [2.24, 2.45) is 5.16 Å². The number of carboxylic acids is 1. The minimum absolute atomic E-state index is 0. The van der Waals surface area contributed by atoms with Gasteiger partial charge in [0.05, 0.1) is 17.4 Å². The third-order valence-corrected chi connectivity index (χ3v) is 10.0. The molecule has 18 heteroatoms. The van der Waals surface area contributed by atoms with Crippen molar-refractivity contribution in [1.82, 2.24) is 20.2 Å². The molecule has 1 fully saturated rings. The van der Waals surface area contributed by atoms with Gasteiger partial charge in [-0.25, -0.2) is 9.97 Å². The number of nitrogens with zero attached hydrogens (tertiary/aromatic N) is 4. The van der Waals surface area contributed by atoms with Crippen LogP contribution in [0.5, 0.6) is 11.5 Å². The number of oxime groups is 1. The van der Waals surface area contributed by atoms with Crippen molar-refractivity contribution in [2.75, 3.05) is 23.8 Å². The fourth-order valence-corrected chi connectivity index (χ4v) is 7.88. The second-order valence-electron chi connectivity index (χ2n) is 8.52. The molecule has 13 nitrogen and oxygen atoms in total. The van der Waals surface area contributed by atoms with Crippen molar-refractivity contribution in [2.45, 2.75) is 22.7 Å². The van der Waals surface area contributed by atoms with Gasteiger partial charge in [-0.1, -0.05) is 16.9 Å². The summed E-state index contributed by atoms with van der Waals surface area (Å²) in [6.07, 6.45) is 0. The van der Waals surface area contributed by atoms with E-state index in [-0.39, 0.29) is 75.7 Å². The van der Waals surface area contributed by atoms with Crippen molar-refractivity contribution < 1.29 is 64.1 Å². The Kier molecular flexibility index (Phi) is 10.4. The first-order valence-electron chi connectivity index (χ1n) is 11.9. The Labute approximate surface area is 277 Å². The Balaban J connectivity index is 0.00000405. The molecule has 2 aromatic heterocycles. The number of rotatable bonds is 10. The van der Waals surface area contributed by atoms with E-state index in [1.807, 2.05) is 0 Å². The predicted octanol–water partition coefficient (Wildman–Crippen LogP) is -1.80. The predicted molar refractivity (Wildman–Crippen MR) is 153 cm³/mol. The summed E-state index contributed by atoms with van der Waals surface area (Å²) >= 11 is 5.08. The van der Waals surface area contributed by atoms with Crippen LogP contribution < -0.4 is 45.7 Å². The van der Waals surface area contributed by atoms with Gasteiger partial charge in [-0.3, -0.25) is 14.5 Å². The van der Waals surface area contributed by atoms with E-state index in [0.29, 0.717) is 26.9 Å². The van der Waals surface area contributed by atoms with E-state index in [1.165, 1.54) is 52.4 Å². The second kappa shape index (κ2) is 13.7.